The van der Waals surface area contributed by atoms with Crippen molar-refractivity contribution in [2.45, 2.75) is 18.0 Å². The summed E-state index contributed by atoms with van der Waals surface area (Å²) in [5, 5.41) is 4.24. The predicted octanol–water partition coefficient (Wildman–Crippen LogP) is 3.92. The van der Waals surface area contributed by atoms with Crippen LogP contribution in [0.25, 0.3) is 10.9 Å². The van der Waals surface area contributed by atoms with Gasteiger partial charge in [-0.05, 0) is 59.7 Å². The number of sulfonamides is 1. The Morgan fingerprint density at radius 3 is 2.36 bits per heavy atom. The SMILES string of the molecule is CN(C)S(=O)(=O)c1ccc2c(c1)cc(C(=O)NCc1ccc(Cl)cc1)n2Cc1ccncc1. The van der Waals surface area contributed by atoms with Gasteiger partial charge in [0.1, 0.15) is 5.69 Å². The molecular formula is C24H23ClN4O3S. The molecule has 4 aromatic rings. The number of rotatable bonds is 7. The van der Waals surface area contributed by atoms with Gasteiger partial charge in [0.2, 0.25) is 10.0 Å². The third kappa shape index (κ3) is 4.93. The minimum atomic E-state index is -3.60. The summed E-state index contributed by atoms with van der Waals surface area (Å²) in [6, 6.07) is 17.6. The van der Waals surface area contributed by atoms with Gasteiger partial charge in [-0.2, -0.15) is 0 Å². The molecule has 0 bridgehead atoms. The molecule has 0 saturated heterocycles. The van der Waals surface area contributed by atoms with Crippen LogP contribution in [0.5, 0.6) is 0 Å². The highest BCUT2D eigenvalue weighted by Crippen LogP contribution is 2.26. The Hall–Kier alpha value is -3.20. The molecule has 4 rings (SSSR count). The van der Waals surface area contributed by atoms with Gasteiger partial charge in [-0.3, -0.25) is 9.78 Å². The molecule has 1 N–H and O–H groups in total. The van der Waals surface area contributed by atoms with E-state index >= 15 is 0 Å². The van der Waals surface area contributed by atoms with E-state index in [9.17, 15) is 13.2 Å². The van der Waals surface area contributed by atoms with Crippen molar-refractivity contribution >= 4 is 38.4 Å². The number of pyridine rings is 1. The Morgan fingerprint density at radius 1 is 1.00 bits per heavy atom. The summed E-state index contributed by atoms with van der Waals surface area (Å²) in [7, 11) is -0.617. The van der Waals surface area contributed by atoms with Crippen LogP contribution in [0.2, 0.25) is 5.02 Å². The first-order valence-electron chi connectivity index (χ1n) is 10.2. The smallest absolute Gasteiger partial charge is 0.268 e. The third-order valence-corrected chi connectivity index (χ3v) is 7.40. The number of nitrogens with one attached hydrogen (secondary N) is 1. The van der Waals surface area contributed by atoms with Crippen molar-refractivity contribution in [3.05, 3.63) is 94.9 Å². The first-order valence-corrected chi connectivity index (χ1v) is 12.0. The molecule has 2 aromatic heterocycles. The monoisotopic (exact) mass is 482 g/mol. The highest BCUT2D eigenvalue weighted by molar-refractivity contribution is 7.89. The number of carbonyl (C=O) groups excluding carboxylic acids is 1. The number of carbonyl (C=O) groups is 1. The molecule has 0 atom stereocenters. The minimum absolute atomic E-state index is 0.175. The maximum atomic E-state index is 13.2. The lowest BCUT2D eigenvalue weighted by Crippen LogP contribution is -2.25. The Morgan fingerprint density at radius 2 is 1.70 bits per heavy atom. The van der Waals surface area contributed by atoms with Gasteiger partial charge in [0.05, 0.1) is 4.90 Å². The summed E-state index contributed by atoms with van der Waals surface area (Å²) in [4.78, 5) is 17.4. The topological polar surface area (TPSA) is 84.3 Å². The highest BCUT2D eigenvalue weighted by Gasteiger charge is 2.21. The van der Waals surface area contributed by atoms with Crippen LogP contribution in [0.1, 0.15) is 21.6 Å². The Bertz CT molecular complexity index is 1400. The van der Waals surface area contributed by atoms with E-state index in [2.05, 4.69) is 10.3 Å². The lowest BCUT2D eigenvalue weighted by atomic mass is 10.2. The van der Waals surface area contributed by atoms with E-state index < -0.39 is 10.0 Å². The largest absolute Gasteiger partial charge is 0.347 e. The summed E-state index contributed by atoms with van der Waals surface area (Å²) in [6.07, 6.45) is 3.39. The summed E-state index contributed by atoms with van der Waals surface area (Å²) in [6.45, 7) is 0.780. The summed E-state index contributed by atoms with van der Waals surface area (Å²) in [5.74, 6) is -0.257. The van der Waals surface area contributed by atoms with Crippen molar-refractivity contribution in [1.82, 2.24) is 19.2 Å². The number of amides is 1. The predicted molar refractivity (Wildman–Crippen MR) is 129 cm³/mol. The summed E-state index contributed by atoms with van der Waals surface area (Å²) >= 11 is 5.94. The molecule has 7 nitrogen and oxygen atoms in total. The van der Waals surface area contributed by atoms with Crippen molar-refractivity contribution in [2.75, 3.05) is 14.1 Å². The van der Waals surface area contributed by atoms with Crippen molar-refractivity contribution in [3.63, 3.8) is 0 Å². The molecule has 2 aromatic carbocycles. The van der Waals surface area contributed by atoms with Crippen LogP contribution in [-0.4, -0.2) is 42.3 Å². The second-order valence-corrected chi connectivity index (χ2v) is 10.4. The highest BCUT2D eigenvalue weighted by atomic mass is 35.5. The molecule has 170 valence electrons. The Kier molecular flexibility index (Phi) is 6.51. The average Bonchev–Trinajstić information content (AvgIpc) is 3.16. The summed E-state index contributed by atoms with van der Waals surface area (Å²) < 4.78 is 28.2. The number of benzene rings is 2. The Balaban J connectivity index is 1.73. The van der Waals surface area contributed by atoms with E-state index in [1.807, 2.05) is 28.8 Å². The zero-order chi connectivity index (χ0) is 23.6. The summed E-state index contributed by atoms with van der Waals surface area (Å²) in [5.41, 5.74) is 3.10. The van der Waals surface area contributed by atoms with Crippen LogP contribution in [0.15, 0.2) is 78.0 Å². The average molecular weight is 483 g/mol. The van der Waals surface area contributed by atoms with Crippen molar-refractivity contribution < 1.29 is 13.2 Å². The number of fused-ring (bicyclic) bond motifs is 1. The normalized spacial score (nSPS) is 11.8. The van der Waals surface area contributed by atoms with E-state index in [4.69, 9.17) is 11.6 Å². The second kappa shape index (κ2) is 9.35. The lowest BCUT2D eigenvalue weighted by Gasteiger charge is -2.13. The van der Waals surface area contributed by atoms with Crippen LogP contribution >= 0.6 is 11.6 Å². The first-order chi connectivity index (χ1) is 15.8. The molecule has 0 spiro atoms. The number of aromatic nitrogens is 2. The lowest BCUT2D eigenvalue weighted by molar-refractivity contribution is 0.0942. The molecule has 33 heavy (non-hydrogen) atoms. The van der Waals surface area contributed by atoms with Gasteiger partial charge in [-0.15, -0.1) is 0 Å². The number of nitrogens with zero attached hydrogens (tertiary/aromatic N) is 3. The zero-order valence-corrected chi connectivity index (χ0v) is 19.8. The van der Waals surface area contributed by atoms with E-state index in [-0.39, 0.29) is 10.8 Å². The quantitative estimate of drug-likeness (QED) is 0.432. The van der Waals surface area contributed by atoms with Gasteiger partial charge in [0.15, 0.2) is 0 Å². The Labute approximate surface area is 197 Å². The molecule has 9 heteroatoms. The van der Waals surface area contributed by atoms with Crippen LogP contribution < -0.4 is 5.32 Å². The van der Waals surface area contributed by atoms with Gasteiger partial charge in [-0.1, -0.05) is 23.7 Å². The number of hydrogen-bond donors (Lipinski definition) is 1. The molecule has 0 radical (unpaired) electrons. The van der Waals surface area contributed by atoms with Crippen molar-refractivity contribution in [3.8, 4) is 0 Å². The van der Waals surface area contributed by atoms with Gasteiger partial charge < -0.3 is 9.88 Å². The van der Waals surface area contributed by atoms with Crippen molar-refractivity contribution in [2.24, 2.45) is 0 Å². The van der Waals surface area contributed by atoms with Crippen LogP contribution in [-0.2, 0) is 23.1 Å². The molecule has 0 unspecified atom stereocenters. The molecule has 2 heterocycles. The van der Waals surface area contributed by atoms with Crippen LogP contribution in [0.4, 0.5) is 0 Å². The molecule has 0 aliphatic heterocycles. The van der Waals surface area contributed by atoms with Gasteiger partial charge >= 0.3 is 0 Å². The zero-order valence-electron chi connectivity index (χ0n) is 18.2. The van der Waals surface area contributed by atoms with E-state index in [0.29, 0.717) is 29.2 Å². The van der Waals surface area contributed by atoms with Gasteiger partial charge in [0.25, 0.3) is 5.91 Å². The van der Waals surface area contributed by atoms with E-state index in [1.165, 1.54) is 18.4 Å². The number of hydrogen-bond acceptors (Lipinski definition) is 4. The van der Waals surface area contributed by atoms with Gasteiger partial charge in [0, 0.05) is 55.5 Å². The minimum Gasteiger partial charge on any atom is -0.347 e. The van der Waals surface area contributed by atoms with Crippen LogP contribution in [0, 0.1) is 0 Å². The number of halogens is 1. The maximum absolute atomic E-state index is 13.2. The molecule has 0 aliphatic rings. The molecular weight excluding hydrogens is 460 g/mol. The van der Waals surface area contributed by atoms with Gasteiger partial charge in [-0.25, -0.2) is 12.7 Å². The first kappa shape index (κ1) is 23.0. The molecule has 0 fully saturated rings. The molecule has 0 saturated carbocycles. The van der Waals surface area contributed by atoms with E-state index in [1.54, 1.807) is 48.8 Å². The fraction of sp³-hybridized carbons (Fsp3) is 0.167. The second-order valence-electron chi connectivity index (χ2n) is 7.79. The standard InChI is InChI=1S/C24H23ClN4O3S/c1-28(2)33(31,32)21-7-8-22-19(13-21)14-23(29(22)16-18-9-11-26-12-10-18)24(30)27-15-17-3-5-20(25)6-4-17/h3-14H,15-16H2,1-2H3,(H,27,30). The fourth-order valence-electron chi connectivity index (χ4n) is 3.52. The molecule has 1 amide bonds. The fourth-order valence-corrected chi connectivity index (χ4v) is 4.59. The molecule has 0 aliphatic carbocycles. The van der Waals surface area contributed by atoms with Crippen molar-refractivity contribution in [1.29, 1.82) is 0 Å². The van der Waals surface area contributed by atoms with E-state index in [0.717, 1.165) is 16.6 Å². The third-order valence-electron chi connectivity index (χ3n) is 5.34. The van der Waals surface area contributed by atoms with Crippen LogP contribution in [0.3, 0.4) is 0 Å². The maximum Gasteiger partial charge on any atom is 0.268 e.